The van der Waals surface area contributed by atoms with Crippen LogP contribution in [0.2, 0.25) is 0 Å². The summed E-state index contributed by atoms with van der Waals surface area (Å²) < 4.78 is 25.0. The number of halogens is 1. The van der Waals surface area contributed by atoms with Gasteiger partial charge in [-0.25, -0.2) is 14.0 Å². The summed E-state index contributed by atoms with van der Waals surface area (Å²) in [7, 11) is 0. The van der Waals surface area contributed by atoms with Crippen LogP contribution in [0.3, 0.4) is 0 Å². The third-order valence-electron chi connectivity index (χ3n) is 4.68. The number of ether oxygens (including phenoxy) is 2. The monoisotopic (exact) mass is 393 g/mol. The smallest absolute Gasteiger partial charge is 0.411 e. The summed E-state index contributed by atoms with van der Waals surface area (Å²) in [5, 5.41) is 0. The van der Waals surface area contributed by atoms with Crippen LogP contribution in [0.5, 0.6) is 0 Å². The molecule has 1 aromatic carbocycles. The second kappa shape index (κ2) is 8.29. The molecule has 1 fully saturated rings. The van der Waals surface area contributed by atoms with Gasteiger partial charge in [-0.2, -0.15) is 0 Å². The molecule has 0 saturated carbocycles. The predicted molar refractivity (Wildman–Crippen MR) is 101 cm³/mol. The number of carbonyl (C=O) groups is 3. The molecule has 1 aromatic rings. The maximum Gasteiger partial charge on any atom is 0.411 e. The summed E-state index contributed by atoms with van der Waals surface area (Å²) in [5.41, 5.74) is -0.625. The fraction of sp³-hybridized carbons (Fsp3) is 0.571. The Balaban J connectivity index is 2.67. The molecule has 0 radical (unpaired) electrons. The summed E-state index contributed by atoms with van der Waals surface area (Å²) >= 11 is 0. The first-order valence-corrected chi connectivity index (χ1v) is 9.44. The minimum atomic E-state index is -1.26. The van der Waals surface area contributed by atoms with Gasteiger partial charge >= 0.3 is 12.1 Å². The molecule has 1 aliphatic rings. The van der Waals surface area contributed by atoms with Crippen molar-refractivity contribution in [1.29, 1.82) is 0 Å². The number of ketones is 1. The van der Waals surface area contributed by atoms with Crippen molar-refractivity contribution in [2.75, 3.05) is 6.61 Å². The molecule has 6 nitrogen and oxygen atoms in total. The summed E-state index contributed by atoms with van der Waals surface area (Å²) in [5.74, 6) is -2.59. The largest absolute Gasteiger partial charge is 0.464 e. The van der Waals surface area contributed by atoms with E-state index in [9.17, 15) is 18.8 Å². The molecule has 0 spiro atoms. The third-order valence-corrected chi connectivity index (χ3v) is 4.68. The number of nitrogens with zero attached hydrogens (tertiary/aromatic N) is 1. The molecule has 154 valence electrons. The van der Waals surface area contributed by atoms with Crippen LogP contribution in [0.25, 0.3) is 0 Å². The highest BCUT2D eigenvalue weighted by Gasteiger charge is 2.59. The van der Waals surface area contributed by atoms with Gasteiger partial charge in [-0.1, -0.05) is 39.0 Å². The number of amides is 1. The molecule has 7 heteroatoms. The van der Waals surface area contributed by atoms with E-state index < -0.39 is 53.2 Å². The molecule has 2 rings (SSSR count). The SMILES string of the molecule is CCOC(=O)[C@@H]1[C@@H](C(C)(C)C)C(=O)[C@H](c2ccccc2F)N1C(=O)OC(C)C. The van der Waals surface area contributed by atoms with Crippen LogP contribution in [-0.4, -0.2) is 41.5 Å². The van der Waals surface area contributed by atoms with Crippen LogP contribution in [0.15, 0.2) is 24.3 Å². The fourth-order valence-corrected chi connectivity index (χ4v) is 3.64. The van der Waals surface area contributed by atoms with Crippen molar-refractivity contribution in [1.82, 2.24) is 4.90 Å². The molecule has 0 aromatic heterocycles. The normalized spacial score (nSPS) is 22.5. The van der Waals surface area contributed by atoms with Gasteiger partial charge < -0.3 is 9.47 Å². The van der Waals surface area contributed by atoms with Gasteiger partial charge in [0.2, 0.25) is 0 Å². The van der Waals surface area contributed by atoms with E-state index in [1.165, 1.54) is 18.2 Å². The summed E-state index contributed by atoms with van der Waals surface area (Å²) in [6.07, 6.45) is -1.32. The van der Waals surface area contributed by atoms with Gasteiger partial charge in [0, 0.05) is 5.56 Å². The Morgan fingerprint density at radius 1 is 1.21 bits per heavy atom. The Labute approximate surface area is 165 Å². The van der Waals surface area contributed by atoms with Crippen molar-refractivity contribution in [3.8, 4) is 0 Å². The summed E-state index contributed by atoms with van der Waals surface area (Å²) in [6.45, 7) is 10.5. The molecular formula is C21H28FNO5. The second-order valence-corrected chi connectivity index (χ2v) is 8.21. The standard InChI is InChI=1S/C21H28FNO5/c1-7-27-19(25)17-15(21(4,5)6)18(24)16(13-10-8-9-11-14(13)22)23(17)20(26)28-12(2)3/h8-12,15-17H,7H2,1-6H3/t15-,16+,17+/m1/s1. The summed E-state index contributed by atoms with van der Waals surface area (Å²) in [4.78, 5) is 40.2. The highest BCUT2D eigenvalue weighted by atomic mass is 19.1. The molecule has 1 aliphatic heterocycles. The minimum absolute atomic E-state index is 0.0363. The lowest BCUT2D eigenvalue weighted by Crippen LogP contribution is -2.48. The van der Waals surface area contributed by atoms with Crippen molar-refractivity contribution in [3.63, 3.8) is 0 Å². The van der Waals surface area contributed by atoms with Gasteiger partial charge in [0.1, 0.15) is 17.9 Å². The van der Waals surface area contributed by atoms with Crippen molar-refractivity contribution in [2.24, 2.45) is 11.3 Å². The predicted octanol–water partition coefficient (Wildman–Crippen LogP) is 3.89. The van der Waals surface area contributed by atoms with E-state index in [1.54, 1.807) is 47.6 Å². The number of rotatable bonds is 4. The van der Waals surface area contributed by atoms with Gasteiger partial charge in [-0.15, -0.1) is 0 Å². The molecule has 0 N–H and O–H groups in total. The number of hydrogen-bond acceptors (Lipinski definition) is 5. The van der Waals surface area contributed by atoms with Gasteiger partial charge in [0.25, 0.3) is 0 Å². The van der Waals surface area contributed by atoms with Crippen LogP contribution in [0.4, 0.5) is 9.18 Å². The topological polar surface area (TPSA) is 72.9 Å². The minimum Gasteiger partial charge on any atom is -0.464 e. The molecule has 3 atom stereocenters. The van der Waals surface area contributed by atoms with Gasteiger partial charge in [0.15, 0.2) is 5.78 Å². The Morgan fingerprint density at radius 3 is 2.32 bits per heavy atom. The number of likely N-dealkylation sites (tertiary alicyclic amines) is 1. The quantitative estimate of drug-likeness (QED) is 0.726. The molecular weight excluding hydrogens is 365 g/mol. The third kappa shape index (κ3) is 4.18. The Bertz CT molecular complexity index is 755. The van der Waals surface area contributed by atoms with E-state index in [0.717, 1.165) is 4.90 Å². The van der Waals surface area contributed by atoms with E-state index in [4.69, 9.17) is 9.47 Å². The molecule has 1 heterocycles. The van der Waals surface area contributed by atoms with E-state index in [2.05, 4.69) is 0 Å². The molecule has 1 saturated heterocycles. The zero-order chi connectivity index (χ0) is 21.2. The van der Waals surface area contributed by atoms with Gasteiger partial charge in [-0.05, 0) is 32.3 Å². The average Bonchev–Trinajstić information content (AvgIpc) is 2.88. The highest BCUT2D eigenvalue weighted by Crippen LogP contribution is 2.46. The Hall–Kier alpha value is -2.44. The molecule has 1 amide bonds. The van der Waals surface area contributed by atoms with Crippen LogP contribution in [0, 0.1) is 17.2 Å². The highest BCUT2D eigenvalue weighted by molar-refractivity contribution is 6.01. The molecule has 28 heavy (non-hydrogen) atoms. The molecule has 0 unspecified atom stereocenters. The number of hydrogen-bond donors (Lipinski definition) is 0. The lowest BCUT2D eigenvalue weighted by molar-refractivity contribution is -0.151. The first-order chi connectivity index (χ1) is 13.0. The van der Waals surface area contributed by atoms with Crippen molar-refractivity contribution in [3.05, 3.63) is 35.6 Å². The van der Waals surface area contributed by atoms with Crippen molar-refractivity contribution in [2.45, 2.75) is 59.7 Å². The van der Waals surface area contributed by atoms with Gasteiger partial charge in [0.05, 0.1) is 18.6 Å². The van der Waals surface area contributed by atoms with E-state index in [1.807, 2.05) is 0 Å². The average molecular weight is 393 g/mol. The molecule has 0 aliphatic carbocycles. The lowest BCUT2D eigenvalue weighted by Gasteiger charge is -2.32. The number of carbonyl (C=O) groups excluding carboxylic acids is 3. The number of benzene rings is 1. The Morgan fingerprint density at radius 2 is 1.82 bits per heavy atom. The first kappa shape index (κ1) is 21.9. The maximum atomic E-state index is 14.6. The zero-order valence-electron chi connectivity index (χ0n) is 17.2. The summed E-state index contributed by atoms with van der Waals surface area (Å²) in [6, 6.07) is 3.30. The Kier molecular flexibility index (Phi) is 6.47. The van der Waals surface area contributed by atoms with Crippen LogP contribution < -0.4 is 0 Å². The second-order valence-electron chi connectivity index (χ2n) is 8.21. The van der Waals surface area contributed by atoms with E-state index in [0.29, 0.717) is 0 Å². The van der Waals surface area contributed by atoms with Crippen molar-refractivity contribution < 1.29 is 28.2 Å². The van der Waals surface area contributed by atoms with Gasteiger partial charge in [-0.3, -0.25) is 9.69 Å². The fourth-order valence-electron chi connectivity index (χ4n) is 3.64. The molecule has 0 bridgehead atoms. The maximum absolute atomic E-state index is 14.6. The van der Waals surface area contributed by atoms with E-state index >= 15 is 0 Å². The van der Waals surface area contributed by atoms with Crippen LogP contribution in [0.1, 0.15) is 53.1 Å². The lowest BCUT2D eigenvalue weighted by atomic mass is 9.74. The zero-order valence-corrected chi connectivity index (χ0v) is 17.2. The van der Waals surface area contributed by atoms with Crippen molar-refractivity contribution >= 4 is 17.8 Å². The number of esters is 1. The number of Topliss-reactive ketones (excluding diaryl/α,β-unsaturated/α-hetero) is 1. The van der Waals surface area contributed by atoms with Crippen LogP contribution >= 0.6 is 0 Å². The first-order valence-electron chi connectivity index (χ1n) is 9.44. The van der Waals surface area contributed by atoms with E-state index in [-0.39, 0.29) is 12.2 Å². The van der Waals surface area contributed by atoms with Crippen LogP contribution in [-0.2, 0) is 19.1 Å².